The van der Waals surface area contributed by atoms with Crippen molar-refractivity contribution in [3.63, 3.8) is 0 Å². The lowest BCUT2D eigenvalue weighted by Crippen LogP contribution is -2.71. The van der Waals surface area contributed by atoms with E-state index in [1.807, 2.05) is 42.6 Å². The summed E-state index contributed by atoms with van der Waals surface area (Å²) in [6.45, 7) is 0. The Bertz CT molecular complexity index is 2250. The van der Waals surface area contributed by atoms with Gasteiger partial charge in [0.2, 0.25) is 12.0 Å². The third-order valence-corrected chi connectivity index (χ3v) is 12.4. The summed E-state index contributed by atoms with van der Waals surface area (Å²) in [5, 5.41) is 45.3. The summed E-state index contributed by atoms with van der Waals surface area (Å²) >= 11 is 0. The standard InChI is InChI=1S/C41H45N3O13/c1-51-23-10-9-20-30-34(55-32(20)33(23)52-2)29-25(57-40(30)12-5-6-13-40)15-24-19(28(29)21-17-44-22-8-4-3-7-18(21)22)11-14-41(50)37(49)31(48)35(56-39(41)53-24)36(38(42)43)54-27(47)16-26(45)46/h3-4,7-10,15,17,30-31,34-39,44,48-50H,5-6,11-14,16,42-43H2,1-2H3,(H,45,46). The molecule has 4 aliphatic heterocycles. The molecule has 1 saturated carbocycles. The van der Waals surface area contributed by atoms with Crippen molar-refractivity contribution in [1.29, 1.82) is 0 Å². The van der Waals surface area contributed by atoms with Crippen LogP contribution in [0, 0.1) is 0 Å². The fourth-order valence-corrected chi connectivity index (χ4v) is 9.84. The number of aliphatic hydroxyl groups excluding tert-OH is 2. The van der Waals surface area contributed by atoms with Gasteiger partial charge >= 0.3 is 11.9 Å². The van der Waals surface area contributed by atoms with E-state index >= 15 is 0 Å². The van der Waals surface area contributed by atoms with Crippen LogP contribution in [0.15, 0.2) is 48.7 Å². The number of aliphatic carboxylic acids is 1. The first-order valence-electron chi connectivity index (χ1n) is 19.1. The second-order valence-corrected chi connectivity index (χ2v) is 15.6. The molecule has 0 radical (unpaired) electrons. The Morgan fingerprint density at radius 2 is 1.79 bits per heavy atom. The molecule has 16 nitrogen and oxygen atoms in total. The van der Waals surface area contributed by atoms with Crippen LogP contribution in [0.4, 0.5) is 0 Å². The monoisotopic (exact) mass is 787 g/mol. The number of esters is 1. The van der Waals surface area contributed by atoms with E-state index in [1.165, 1.54) is 0 Å². The van der Waals surface area contributed by atoms with Crippen LogP contribution < -0.4 is 35.2 Å². The van der Waals surface area contributed by atoms with Crippen LogP contribution in [-0.4, -0.2) is 99.6 Å². The molecule has 9 rings (SSSR count). The summed E-state index contributed by atoms with van der Waals surface area (Å²) in [5.41, 5.74) is 13.9. The largest absolute Gasteiger partial charge is 0.493 e. The zero-order valence-corrected chi connectivity index (χ0v) is 31.3. The van der Waals surface area contributed by atoms with Gasteiger partial charge in [0.25, 0.3) is 0 Å². The number of aliphatic hydroxyl groups is 3. The van der Waals surface area contributed by atoms with Crippen molar-refractivity contribution in [3.8, 4) is 39.9 Å². The van der Waals surface area contributed by atoms with Crippen LogP contribution >= 0.6 is 0 Å². The summed E-state index contributed by atoms with van der Waals surface area (Å²) in [4.78, 5) is 27.0. The average Bonchev–Trinajstić information content (AvgIpc) is 3.91. The molecule has 1 saturated heterocycles. The molecule has 0 amide bonds. The van der Waals surface area contributed by atoms with Crippen molar-refractivity contribution in [2.75, 3.05) is 14.2 Å². The first-order chi connectivity index (χ1) is 27.4. The first-order valence-corrected chi connectivity index (χ1v) is 19.1. The number of carboxylic acid groups (broad SMARTS) is 1. The third-order valence-electron chi connectivity index (χ3n) is 12.4. The molecule has 8 atom stereocenters. The Morgan fingerprint density at radius 1 is 1.02 bits per heavy atom. The molecule has 3 aromatic carbocycles. The van der Waals surface area contributed by atoms with Gasteiger partial charge in [-0.1, -0.05) is 24.3 Å². The highest BCUT2D eigenvalue weighted by molar-refractivity contribution is 5.98. The molecule has 57 heavy (non-hydrogen) atoms. The van der Waals surface area contributed by atoms with E-state index in [-0.39, 0.29) is 24.5 Å². The SMILES string of the molecule is COc1ccc2c(c1OC)OC1c3c(cc4c(c3-c3c[nH]c5ccccc35)CCC3(O)C(O4)OC(C(OC(=O)CC(=O)O)C(N)N)C(O)C3O)OC3(CCCC3)C21. The predicted octanol–water partition coefficient (Wildman–Crippen LogP) is 2.91. The highest BCUT2D eigenvalue weighted by atomic mass is 16.7. The van der Waals surface area contributed by atoms with E-state index < -0.39 is 72.5 Å². The van der Waals surface area contributed by atoms with Crippen molar-refractivity contribution >= 4 is 22.8 Å². The Hall–Kier alpha value is -5.10. The van der Waals surface area contributed by atoms with Gasteiger partial charge in [0.1, 0.15) is 47.9 Å². The highest BCUT2D eigenvalue weighted by Crippen LogP contribution is 2.66. The first kappa shape index (κ1) is 37.5. The lowest BCUT2D eigenvalue weighted by atomic mass is 9.72. The number of carbonyl (C=O) groups excluding carboxylic acids is 1. The van der Waals surface area contributed by atoms with E-state index in [0.29, 0.717) is 28.6 Å². The number of carboxylic acids is 1. The fraction of sp³-hybridized carbons (Fsp3) is 0.463. The van der Waals surface area contributed by atoms with Gasteiger partial charge in [-0.25, -0.2) is 0 Å². The molecule has 5 aliphatic rings. The van der Waals surface area contributed by atoms with Crippen molar-refractivity contribution in [1.82, 2.24) is 4.98 Å². The van der Waals surface area contributed by atoms with Crippen LogP contribution in [-0.2, 0) is 25.5 Å². The maximum atomic E-state index is 12.4. The number of nitrogens with one attached hydrogen (secondary N) is 1. The summed E-state index contributed by atoms with van der Waals surface area (Å²) in [7, 11) is 3.16. The van der Waals surface area contributed by atoms with Crippen LogP contribution in [0.3, 0.4) is 0 Å². The van der Waals surface area contributed by atoms with Crippen molar-refractivity contribution < 1.29 is 63.2 Å². The molecular weight excluding hydrogens is 742 g/mol. The van der Waals surface area contributed by atoms with Gasteiger partial charge < -0.3 is 70.0 Å². The number of rotatable bonds is 8. The number of aromatic nitrogens is 1. The van der Waals surface area contributed by atoms with Gasteiger partial charge in [0, 0.05) is 51.0 Å². The minimum atomic E-state index is -2.19. The van der Waals surface area contributed by atoms with E-state index in [2.05, 4.69) is 4.98 Å². The Labute approximate surface area is 326 Å². The molecule has 302 valence electrons. The zero-order chi connectivity index (χ0) is 40.0. The summed E-state index contributed by atoms with van der Waals surface area (Å²) < 4.78 is 43.9. The number of hydrogen-bond acceptors (Lipinski definition) is 14. The number of aromatic amines is 1. The number of hydrogen-bond donors (Lipinski definition) is 7. The van der Waals surface area contributed by atoms with E-state index in [9.17, 15) is 24.9 Å². The van der Waals surface area contributed by atoms with Crippen LogP contribution in [0.1, 0.15) is 67.2 Å². The topological polar surface area (TPSA) is 248 Å². The van der Waals surface area contributed by atoms with E-state index in [1.54, 1.807) is 20.3 Å². The van der Waals surface area contributed by atoms with Crippen molar-refractivity contribution in [2.45, 2.75) is 105 Å². The zero-order valence-electron chi connectivity index (χ0n) is 31.3. The summed E-state index contributed by atoms with van der Waals surface area (Å²) in [6, 6.07) is 13.5. The molecular formula is C41H45N3O13. The highest BCUT2D eigenvalue weighted by Gasteiger charge is 2.61. The number of para-hydroxylation sites is 1. The molecule has 0 bridgehead atoms. The van der Waals surface area contributed by atoms with E-state index in [0.717, 1.165) is 58.8 Å². The Kier molecular flexibility index (Phi) is 9.06. The van der Waals surface area contributed by atoms with Gasteiger partial charge in [-0.2, -0.15) is 0 Å². The van der Waals surface area contributed by atoms with Gasteiger partial charge in [0.15, 0.2) is 23.2 Å². The molecule has 1 aromatic heterocycles. The molecule has 4 aromatic rings. The Balaban J connectivity index is 1.21. The van der Waals surface area contributed by atoms with Crippen molar-refractivity contribution in [2.24, 2.45) is 11.5 Å². The summed E-state index contributed by atoms with van der Waals surface area (Å²) in [6.07, 6.45) is -6.34. The number of H-pyrrole nitrogens is 1. The van der Waals surface area contributed by atoms with Gasteiger partial charge in [-0.15, -0.1) is 0 Å². The Morgan fingerprint density at radius 3 is 2.51 bits per heavy atom. The molecule has 9 N–H and O–H groups in total. The molecule has 16 heteroatoms. The lowest BCUT2D eigenvalue weighted by Gasteiger charge is -2.49. The second-order valence-electron chi connectivity index (χ2n) is 15.6. The van der Waals surface area contributed by atoms with E-state index in [4.69, 9.17) is 49.7 Å². The third kappa shape index (κ3) is 5.72. The van der Waals surface area contributed by atoms with Crippen LogP contribution in [0.5, 0.6) is 28.7 Å². The number of nitrogens with two attached hydrogens (primary N) is 2. The maximum Gasteiger partial charge on any atom is 0.317 e. The minimum absolute atomic E-state index is 0.141. The maximum absolute atomic E-state index is 12.4. The van der Waals surface area contributed by atoms with Gasteiger partial charge in [-0.3, -0.25) is 9.59 Å². The fourth-order valence-electron chi connectivity index (χ4n) is 9.84. The lowest BCUT2D eigenvalue weighted by molar-refractivity contribution is -0.329. The number of carbonyl (C=O) groups is 2. The molecule has 5 heterocycles. The number of methoxy groups -OCH3 is 2. The molecule has 1 aliphatic carbocycles. The minimum Gasteiger partial charge on any atom is -0.493 e. The van der Waals surface area contributed by atoms with Crippen molar-refractivity contribution in [3.05, 3.63) is 65.4 Å². The summed E-state index contributed by atoms with van der Waals surface area (Å²) in [5.74, 6) is -0.460. The number of fused-ring (bicyclic) bond motifs is 9. The quantitative estimate of drug-likeness (QED) is 0.0771. The molecule has 8 unspecified atom stereocenters. The molecule has 2 fully saturated rings. The smallest absolute Gasteiger partial charge is 0.317 e. The number of benzene rings is 3. The average molecular weight is 788 g/mol. The van der Waals surface area contributed by atoms with Crippen LogP contribution in [0.2, 0.25) is 0 Å². The predicted molar refractivity (Wildman–Crippen MR) is 200 cm³/mol. The molecule has 1 spiro atoms. The number of ether oxygens (including phenoxy) is 7. The van der Waals surface area contributed by atoms with Crippen LogP contribution in [0.25, 0.3) is 22.0 Å². The second kappa shape index (κ2) is 13.8. The van der Waals surface area contributed by atoms with Gasteiger partial charge in [-0.05, 0) is 50.7 Å². The van der Waals surface area contributed by atoms with Gasteiger partial charge in [0.05, 0.1) is 26.3 Å². The normalized spacial score (nSPS) is 28.4.